The molecule has 0 aliphatic carbocycles. The van der Waals surface area contributed by atoms with E-state index in [0.29, 0.717) is 36.2 Å². The zero-order valence-corrected chi connectivity index (χ0v) is 12.2. The van der Waals surface area contributed by atoms with E-state index in [4.69, 9.17) is 9.47 Å². The van der Waals surface area contributed by atoms with Crippen LogP contribution >= 0.6 is 0 Å². The molecule has 1 aromatic carbocycles. The van der Waals surface area contributed by atoms with Crippen molar-refractivity contribution in [3.8, 4) is 11.5 Å². The van der Waals surface area contributed by atoms with Crippen LogP contribution in [0.4, 0.5) is 0 Å². The average Bonchev–Trinajstić information content (AvgIpc) is 2.96. The zero-order chi connectivity index (χ0) is 15.6. The van der Waals surface area contributed by atoms with Gasteiger partial charge in [-0.1, -0.05) is 6.07 Å². The Morgan fingerprint density at radius 1 is 1.13 bits per heavy atom. The summed E-state index contributed by atoms with van der Waals surface area (Å²) >= 11 is 0. The van der Waals surface area contributed by atoms with Gasteiger partial charge in [0, 0.05) is 18.0 Å². The summed E-state index contributed by atoms with van der Waals surface area (Å²) in [7, 11) is 0. The summed E-state index contributed by atoms with van der Waals surface area (Å²) in [6.45, 7) is 1.07. The van der Waals surface area contributed by atoms with Crippen LogP contribution in [0.15, 0.2) is 53.4 Å². The van der Waals surface area contributed by atoms with Crippen molar-refractivity contribution in [2.24, 2.45) is 4.99 Å². The Morgan fingerprint density at radius 3 is 2.83 bits per heavy atom. The number of carbonyl (C=O) groups is 1. The number of aromatic nitrogens is 1. The van der Waals surface area contributed by atoms with Gasteiger partial charge in [-0.15, -0.1) is 0 Å². The van der Waals surface area contributed by atoms with Gasteiger partial charge in [0.1, 0.15) is 24.7 Å². The quantitative estimate of drug-likeness (QED) is 0.858. The molecule has 2 aliphatic rings. The fourth-order valence-electron chi connectivity index (χ4n) is 2.42. The number of pyridine rings is 1. The molecule has 1 N–H and O–H groups in total. The molecule has 3 heterocycles. The molecule has 6 heteroatoms. The van der Waals surface area contributed by atoms with Crippen LogP contribution < -0.4 is 14.8 Å². The van der Waals surface area contributed by atoms with Gasteiger partial charge in [-0.3, -0.25) is 9.78 Å². The van der Waals surface area contributed by atoms with Gasteiger partial charge >= 0.3 is 0 Å². The van der Waals surface area contributed by atoms with Crippen molar-refractivity contribution >= 4 is 17.8 Å². The zero-order valence-electron chi connectivity index (χ0n) is 12.2. The molecule has 2 aromatic rings. The lowest BCUT2D eigenvalue weighted by atomic mass is 10.1. The van der Waals surface area contributed by atoms with E-state index < -0.39 is 0 Å². The molecular weight excluding hydrogens is 294 g/mol. The maximum absolute atomic E-state index is 12.1. The summed E-state index contributed by atoms with van der Waals surface area (Å²) in [5.74, 6) is 1.67. The number of fused-ring (bicyclic) bond motifs is 1. The maximum Gasteiger partial charge on any atom is 0.275 e. The standard InChI is InChI=1S/C17H13N3O3/c21-17-13(19-16(20-17)12-2-1-5-18-10-12)8-11-3-4-14-15(9-11)23-7-6-22-14/h1-5,8-10H,6-7H2,(H,19,20,21)/b13-8+. The van der Waals surface area contributed by atoms with Gasteiger partial charge in [0.2, 0.25) is 0 Å². The van der Waals surface area contributed by atoms with Crippen LogP contribution in [0.2, 0.25) is 0 Å². The lowest BCUT2D eigenvalue weighted by molar-refractivity contribution is -0.115. The highest BCUT2D eigenvalue weighted by Gasteiger charge is 2.21. The maximum atomic E-state index is 12.1. The highest BCUT2D eigenvalue weighted by molar-refractivity contribution is 6.19. The number of carbonyl (C=O) groups excluding carboxylic acids is 1. The molecule has 2 aliphatic heterocycles. The molecule has 4 rings (SSSR count). The van der Waals surface area contributed by atoms with Gasteiger partial charge in [-0.2, -0.15) is 0 Å². The SMILES string of the molecule is O=C1NC(c2cccnc2)=N/C1=C/c1ccc2c(c1)OCCO2. The normalized spacial score (nSPS) is 17.8. The third-order valence-electron chi connectivity index (χ3n) is 3.50. The fraction of sp³-hybridized carbons (Fsp3) is 0.118. The molecule has 23 heavy (non-hydrogen) atoms. The highest BCUT2D eigenvalue weighted by atomic mass is 16.6. The van der Waals surface area contributed by atoms with E-state index in [1.165, 1.54) is 0 Å². The molecule has 0 radical (unpaired) electrons. The predicted octanol–water partition coefficient (Wildman–Crippen LogP) is 1.77. The number of aliphatic imine (C=N–C) groups is 1. The van der Waals surface area contributed by atoms with Crippen molar-refractivity contribution in [2.75, 3.05) is 13.2 Å². The minimum absolute atomic E-state index is 0.237. The molecule has 1 aromatic heterocycles. The number of ether oxygens (including phenoxy) is 2. The minimum Gasteiger partial charge on any atom is -0.486 e. The van der Waals surface area contributed by atoms with Gasteiger partial charge < -0.3 is 14.8 Å². The molecule has 0 unspecified atom stereocenters. The van der Waals surface area contributed by atoms with Gasteiger partial charge in [0.15, 0.2) is 11.5 Å². The Labute approximate surface area is 132 Å². The fourth-order valence-corrected chi connectivity index (χ4v) is 2.42. The molecule has 0 bridgehead atoms. The van der Waals surface area contributed by atoms with Gasteiger partial charge in [0.05, 0.1) is 0 Å². The third kappa shape index (κ3) is 2.66. The molecule has 1 amide bonds. The molecule has 0 fully saturated rings. The first-order valence-corrected chi connectivity index (χ1v) is 7.21. The van der Waals surface area contributed by atoms with Crippen molar-refractivity contribution in [3.63, 3.8) is 0 Å². The number of nitrogens with one attached hydrogen (secondary N) is 1. The first-order chi connectivity index (χ1) is 11.3. The number of rotatable bonds is 2. The smallest absolute Gasteiger partial charge is 0.275 e. The molecule has 0 spiro atoms. The van der Waals surface area contributed by atoms with E-state index in [-0.39, 0.29) is 5.91 Å². The molecule has 0 saturated heterocycles. The lowest BCUT2D eigenvalue weighted by Gasteiger charge is -2.18. The van der Waals surface area contributed by atoms with E-state index in [0.717, 1.165) is 11.1 Å². The summed E-state index contributed by atoms with van der Waals surface area (Å²) in [6.07, 6.45) is 5.05. The van der Waals surface area contributed by atoms with Crippen molar-refractivity contribution < 1.29 is 14.3 Å². The van der Waals surface area contributed by atoms with Crippen molar-refractivity contribution in [1.29, 1.82) is 0 Å². The number of hydrogen-bond acceptors (Lipinski definition) is 5. The predicted molar refractivity (Wildman–Crippen MR) is 84.3 cm³/mol. The first-order valence-electron chi connectivity index (χ1n) is 7.21. The Kier molecular flexibility index (Phi) is 3.27. The molecule has 6 nitrogen and oxygen atoms in total. The van der Waals surface area contributed by atoms with Gasteiger partial charge in [-0.05, 0) is 35.9 Å². The molecule has 0 atom stereocenters. The molecule has 0 saturated carbocycles. The van der Waals surface area contributed by atoms with Gasteiger partial charge in [0.25, 0.3) is 5.91 Å². The van der Waals surface area contributed by atoms with Crippen LogP contribution in [0.3, 0.4) is 0 Å². The number of amides is 1. The van der Waals surface area contributed by atoms with Crippen LogP contribution in [-0.2, 0) is 4.79 Å². The second-order valence-electron chi connectivity index (χ2n) is 5.09. The minimum atomic E-state index is -0.237. The Balaban J connectivity index is 1.66. The number of amidine groups is 1. The first kappa shape index (κ1) is 13.5. The van der Waals surface area contributed by atoms with E-state index >= 15 is 0 Å². The molecule has 114 valence electrons. The Hall–Kier alpha value is -3.15. The van der Waals surface area contributed by atoms with Crippen molar-refractivity contribution in [2.45, 2.75) is 0 Å². The summed E-state index contributed by atoms with van der Waals surface area (Å²) in [5, 5.41) is 2.75. The third-order valence-corrected chi connectivity index (χ3v) is 3.50. The number of nitrogens with zero attached hydrogens (tertiary/aromatic N) is 2. The lowest BCUT2D eigenvalue weighted by Crippen LogP contribution is -2.24. The largest absolute Gasteiger partial charge is 0.486 e. The topological polar surface area (TPSA) is 72.8 Å². The summed E-state index contributed by atoms with van der Waals surface area (Å²) in [6, 6.07) is 9.18. The van der Waals surface area contributed by atoms with Crippen LogP contribution in [-0.4, -0.2) is 29.9 Å². The highest BCUT2D eigenvalue weighted by Crippen LogP contribution is 2.31. The Morgan fingerprint density at radius 2 is 2.00 bits per heavy atom. The van der Waals surface area contributed by atoms with E-state index in [9.17, 15) is 4.79 Å². The van der Waals surface area contributed by atoms with E-state index in [1.54, 1.807) is 24.5 Å². The van der Waals surface area contributed by atoms with Crippen LogP contribution in [0.5, 0.6) is 11.5 Å². The van der Waals surface area contributed by atoms with Crippen molar-refractivity contribution in [3.05, 3.63) is 59.5 Å². The monoisotopic (exact) mass is 307 g/mol. The van der Waals surface area contributed by atoms with Crippen molar-refractivity contribution in [1.82, 2.24) is 10.3 Å². The average molecular weight is 307 g/mol. The Bertz CT molecular complexity index is 828. The van der Waals surface area contributed by atoms with Crippen LogP contribution in [0.1, 0.15) is 11.1 Å². The second kappa shape index (κ2) is 5.57. The van der Waals surface area contributed by atoms with Gasteiger partial charge in [-0.25, -0.2) is 4.99 Å². The second-order valence-corrected chi connectivity index (χ2v) is 5.09. The molecular formula is C17H13N3O3. The number of benzene rings is 1. The van der Waals surface area contributed by atoms with E-state index in [1.807, 2.05) is 24.3 Å². The summed E-state index contributed by atoms with van der Waals surface area (Å²) in [4.78, 5) is 20.5. The summed E-state index contributed by atoms with van der Waals surface area (Å²) in [5.41, 5.74) is 1.95. The number of hydrogen-bond donors (Lipinski definition) is 1. The van der Waals surface area contributed by atoms with E-state index in [2.05, 4.69) is 15.3 Å². The van der Waals surface area contributed by atoms with Crippen LogP contribution in [0, 0.1) is 0 Å². The van der Waals surface area contributed by atoms with Crippen LogP contribution in [0.25, 0.3) is 6.08 Å². The summed E-state index contributed by atoms with van der Waals surface area (Å²) < 4.78 is 11.0.